The van der Waals surface area contributed by atoms with E-state index in [1.54, 1.807) is 0 Å². The number of benzene rings is 2. The maximum Gasteiger partial charge on any atom is 0.161 e. The molecule has 0 saturated heterocycles. The predicted octanol–water partition coefficient (Wildman–Crippen LogP) is 3.86. The van der Waals surface area contributed by atoms with E-state index < -0.39 is 0 Å². The molecular weight excluding hydrogens is 274 g/mol. The highest BCUT2D eigenvalue weighted by molar-refractivity contribution is 5.43. The molecule has 0 aliphatic heterocycles. The number of aryl methyl sites for hydroxylation is 2. The number of hydrogen-bond donors (Lipinski definition) is 1. The molecule has 118 valence electrons. The molecular formula is C19H25NO2. The predicted molar refractivity (Wildman–Crippen MR) is 90.5 cm³/mol. The molecule has 2 rings (SSSR count). The van der Waals surface area contributed by atoms with Gasteiger partial charge >= 0.3 is 0 Å². The molecule has 0 aliphatic carbocycles. The topological polar surface area (TPSA) is 44.5 Å². The van der Waals surface area contributed by atoms with Gasteiger partial charge in [-0.3, -0.25) is 0 Å². The van der Waals surface area contributed by atoms with Crippen LogP contribution in [0.25, 0.3) is 0 Å². The molecule has 0 aliphatic rings. The van der Waals surface area contributed by atoms with E-state index in [9.17, 15) is 0 Å². The van der Waals surface area contributed by atoms with Gasteiger partial charge < -0.3 is 15.2 Å². The van der Waals surface area contributed by atoms with E-state index in [1.807, 2.05) is 13.0 Å². The number of nitrogens with two attached hydrogens (primary N) is 1. The summed E-state index contributed by atoms with van der Waals surface area (Å²) in [5, 5.41) is 0. The van der Waals surface area contributed by atoms with Crippen LogP contribution in [0.5, 0.6) is 11.5 Å². The Morgan fingerprint density at radius 2 is 1.64 bits per heavy atom. The van der Waals surface area contributed by atoms with Gasteiger partial charge in [-0.2, -0.15) is 0 Å². The summed E-state index contributed by atoms with van der Waals surface area (Å²) >= 11 is 0. The number of ether oxygens (including phenoxy) is 2. The highest BCUT2D eigenvalue weighted by atomic mass is 16.5. The second-order valence-corrected chi connectivity index (χ2v) is 5.38. The van der Waals surface area contributed by atoms with E-state index in [1.165, 1.54) is 11.1 Å². The average molecular weight is 299 g/mol. The van der Waals surface area contributed by atoms with Crippen molar-refractivity contribution in [2.45, 2.75) is 33.3 Å². The van der Waals surface area contributed by atoms with Crippen LogP contribution in [0.4, 0.5) is 0 Å². The van der Waals surface area contributed by atoms with E-state index in [0.717, 1.165) is 29.9 Å². The fraction of sp³-hybridized carbons (Fsp3) is 0.368. The third-order valence-electron chi connectivity index (χ3n) is 3.49. The molecule has 0 radical (unpaired) electrons. The molecule has 2 N–H and O–H groups in total. The summed E-state index contributed by atoms with van der Waals surface area (Å²) in [6, 6.07) is 14.5. The molecule has 3 heteroatoms. The minimum Gasteiger partial charge on any atom is -0.490 e. The smallest absolute Gasteiger partial charge is 0.161 e. The average Bonchev–Trinajstić information content (AvgIpc) is 2.54. The van der Waals surface area contributed by atoms with Gasteiger partial charge in [-0.05, 0) is 56.5 Å². The van der Waals surface area contributed by atoms with E-state index in [2.05, 4.69) is 43.3 Å². The zero-order chi connectivity index (χ0) is 15.8. The minimum atomic E-state index is 0.544. The first-order valence-corrected chi connectivity index (χ1v) is 7.87. The van der Waals surface area contributed by atoms with Gasteiger partial charge in [0.15, 0.2) is 11.5 Å². The van der Waals surface area contributed by atoms with Gasteiger partial charge in [0.1, 0.15) is 6.61 Å². The maximum absolute atomic E-state index is 5.93. The summed E-state index contributed by atoms with van der Waals surface area (Å²) in [6.45, 7) is 5.94. The fourth-order valence-electron chi connectivity index (χ4n) is 2.25. The van der Waals surface area contributed by atoms with Gasteiger partial charge in [-0.1, -0.05) is 35.9 Å². The van der Waals surface area contributed by atoms with Crippen LogP contribution < -0.4 is 15.2 Å². The van der Waals surface area contributed by atoms with Crippen LogP contribution in [-0.4, -0.2) is 13.2 Å². The van der Waals surface area contributed by atoms with Crippen LogP contribution >= 0.6 is 0 Å². The van der Waals surface area contributed by atoms with Crippen LogP contribution in [-0.2, 0) is 13.0 Å². The molecule has 0 heterocycles. The molecule has 0 fully saturated rings. The minimum absolute atomic E-state index is 0.544. The highest BCUT2D eigenvalue weighted by Crippen LogP contribution is 2.29. The van der Waals surface area contributed by atoms with Crippen LogP contribution in [0.3, 0.4) is 0 Å². The summed E-state index contributed by atoms with van der Waals surface area (Å²) in [5.74, 6) is 1.60. The van der Waals surface area contributed by atoms with Crippen LogP contribution in [0.1, 0.15) is 30.0 Å². The van der Waals surface area contributed by atoms with Gasteiger partial charge in [-0.25, -0.2) is 0 Å². The Balaban J connectivity index is 2.06. The van der Waals surface area contributed by atoms with Crippen molar-refractivity contribution in [2.24, 2.45) is 5.73 Å². The van der Waals surface area contributed by atoms with Gasteiger partial charge in [0.2, 0.25) is 0 Å². The van der Waals surface area contributed by atoms with Crippen LogP contribution in [0, 0.1) is 6.92 Å². The van der Waals surface area contributed by atoms with E-state index in [0.29, 0.717) is 19.8 Å². The molecule has 0 amide bonds. The Hall–Kier alpha value is -2.00. The van der Waals surface area contributed by atoms with E-state index in [4.69, 9.17) is 15.2 Å². The summed E-state index contributed by atoms with van der Waals surface area (Å²) in [7, 11) is 0. The van der Waals surface area contributed by atoms with Gasteiger partial charge in [-0.15, -0.1) is 0 Å². The van der Waals surface area contributed by atoms with Gasteiger partial charge in [0.05, 0.1) is 6.61 Å². The van der Waals surface area contributed by atoms with Crippen molar-refractivity contribution in [3.63, 3.8) is 0 Å². The molecule has 3 nitrogen and oxygen atoms in total. The van der Waals surface area contributed by atoms with Crippen molar-refractivity contribution < 1.29 is 9.47 Å². The Morgan fingerprint density at radius 3 is 2.32 bits per heavy atom. The first-order valence-electron chi connectivity index (χ1n) is 7.87. The molecule has 2 aromatic carbocycles. The lowest BCUT2D eigenvalue weighted by molar-refractivity contribution is 0.269. The standard InChI is InChI=1S/C19H25NO2/c1-3-21-19-13-16(5-4-12-20)10-11-18(19)22-14-17-8-6-15(2)7-9-17/h6-11,13H,3-5,12,14,20H2,1-2H3. The van der Waals surface area contributed by atoms with Gasteiger partial charge in [0.25, 0.3) is 0 Å². The monoisotopic (exact) mass is 299 g/mol. The summed E-state index contributed by atoms with van der Waals surface area (Å²) in [4.78, 5) is 0. The van der Waals surface area contributed by atoms with Crippen molar-refractivity contribution in [3.8, 4) is 11.5 Å². The summed E-state index contributed by atoms with van der Waals surface area (Å²) in [6.07, 6.45) is 1.95. The number of rotatable bonds is 8. The van der Waals surface area contributed by atoms with Crippen molar-refractivity contribution >= 4 is 0 Å². The van der Waals surface area contributed by atoms with Gasteiger partial charge in [0, 0.05) is 0 Å². The zero-order valence-electron chi connectivity index (χ0n) is 13.5. The summed E-state index contributed by atoms with van der Waals surface area (Å²) < 4.78 is 11.6. The molecule has 0 unspecified atom stereocenters. The van der Waals surface area contributed by atoms with Crippen molar-refractivity contribution in [1.82, 2.24) is 0 Å². The largest absolute Gasteiger partial charge is 0.490 e. The molecule has 0 saturated carbocycles. The van der Waals surface area contributed by atoms with Crippen molar-refractivity contribution in [2.75, 3.05) is 13.2 Å². The van der Waals surface area contributed by atoms with Crippen LogP contribution in [0.2, 0.25) is 0 Å². The Bertz CT molecular complexity index is 578. The Kier molecular flexibility index (Phi) is 6.28. The quantitative estimate of drug-likeness (QED) is 0.805. The maximum atomic E-state index is 5.93. The summed E-state index contributed by atoms with van der Waals surface area (Å²) in [5.41, 5.74) is 9.21. The third-order valence-corrected chi connectivity index (χ3v) is 3.49. The molecule has 0 spiro atoms. The highest BCUT2D eigenvalue weighted by Gasteiger charge is 2.07. The molecule has 0 bridgehead atoms. The SMILES string of the molecule is CCOc1cc(CCCN)ccc1OCc1ccc(C)cc1. The molecule has 0 aromatic heterocycles. The molecule has 22 heavy (non-hydrogen) atoms. The van der Waals surface area contributed by atoms with E-state index in [-0.39, 0.29) is 0 Å². The third kappa shape index (κ3) is 4.78. The van der Waals surface area contributed by atoms with Crippen molar-refractivity contribution in [3.05, 3.63) is 59.2 Å². The van der Waals surface area contributed by atoms with Crippen molar-refractivity contribution in [1.29, 1.82) is 0 Å². The fourth-order valence-corrected chi connectivity index (χ4v) is 2.25. The van der Waals surface area contributed by atoms with Crippen LogP contribution in [0.15, 0.2) is 42.5 Å². The van der Waals surface area contributed by atoms with E-state index >= 15 is 0 Å². The first kappa shape index (κ1) is 16.4. The lowest BCUT2D eigenvalue weighted by atomic mass is 10.1. The first-order chi connectivity index (χ1) is 10.7. The lowest BCUT2D eigenvalue weighted by Crippen LogP contribution is -2.02. The normalized spacial score (nSPS) is 10.5. The number of hydrogen-bond acceptors (Lipinski definition) is 3. The molecule has 0 atom stereocenters. The lowest BCUT2D eigenvalue weighted by Gasteiger charge is -2.13. The zero-order valence-corrected chi connectivity index (χ0v) is 13.5. The second-order valence-electron chi connectivity index (χ2n) is 5.38. The Labute approximate surface area is 133 Å². The Morgan fingerprint density at radius 1 is 0.909 bits per heavy atom. The second kappa shape index (κ2) is 8.44. The molecule has 2 aromatic rings.